The highest BCUT2D eigenvalue weighted by Gasteiger charge is 2.42. The highest BCUT2D eigenvalue weighted by molar-refractivity contribution is 7.71. The monoisotopic (exact) mass is 400 g/mol. The summed E-state index contributed by atoms with van der Waals surface area (Å²) in [5.41, 5.74) is 0.478. The Bertz CT molecular complexity index is 957. The van der Waals surface area contributed by atoms with Crippen LogP contribution in [-0.4, -0.2) is 27.5 Å². The van der Waals surface area contributed by atoms with Crippen LogP contribution >= 0.6 is 12.2 Å². The Morgan fingerprint density at radius 1 is 1.25 bits per heavy atom. The van der Waals surface area contributed by atoms with Crippen LogP contribution in [-0.2, 0) is 16.8 Å². The molecule has 5 rings (SSSR count). The largest absolute Gasteiger partial charge is 0.454 e. The van der Waals surface area contributed by atoms with Crippen LogP contribution < -0.4 is 14.8 Å². The van der Waals surface area contributed by atoms with Gasteiger partial charge in [0.2, 0.25) is 12.7 Å². The molecule has 1 amide bonds. The number of carbonyl (C=O) groups excluding carboxylic acids is 1. The Kier molecular flexibility index (Phi) is 4.38. The third kappa shape index (κ3) is 2.99. The van der Waals surface area contributed by atoms with E-state index in [9.17, 15) is 4.79 Å². The molecule has 2 N–H and O–H groups in total. The van der Waals surface area contributed by atoms with E-state index in [0.717, 1.165) is 61.4 Å². The van der Waals surface area contributed by atoms with Gasteiger partial charge in [-0.05, 0) is 55.6 Å². The van der Waals surface area contributed by atoms with Crippen LogP contribution in [0.2, 0.25) is 0 Å². The number of aromatic amines is 1. The Hall–Kier alpha value is -2.35. The lowest BCUT2D eigenvalue weighted by Gasteiger charge is -2.36. The average Bonchev–Trinajstić information content (AvgIpc) is 3.32. The van der Waals surface area contributed by atoms with Crippen LogP contribution in [0.5, 0.6) is 11.5 Å². The lowest BCUT2D eigenvalue weighted by atomic mass is 9.68. The standard InChI is InChI=1S/C20H24N4O3S/c25-18(21-11-17-22-23-19(28)24(17)14-5-6-14)20(8-2-1-3-9-20)13-4-7-15-16(10-13)27-12-26-15/h4,7,10,14H,1-3,5-6,8-9,11-12H2,(H,21,25)(H,23,28). The number of hydrogen-bond donors (Lipinski definition) is 2. The van der Waals surface area contributed by atoms with Crippen molar-refractivity contribution in [2.75, 3.05) is 6.79 Å². The zero-order chi connectivity index (χ0) is 19.1. The van der Waals surface area contributed by atoms with Crippen LogP contribution in [0.25, 0.3) is 0 Å². The van der Waals surface area contributed by atoms with Crippen LogP contribution in [0, 0.1) is 4.77 Å². The third-order valence-electron chi connectivity index (χ3n) is 6.16. The summed E-state index contributed by atoms with van der Waals surface area (Å²) in [5.74, 6) is 2.33. The van der Waals surface area contributed by atoms with Crippen LogP contribution in [0.1, 0.15) is 62.4 Å². The summed E-state index contributed by atoms with van der Waals surface area (Å²) in [5, 5.41) is 10.3. The van der Waals surface area contributed by atoms with Gasteiger partial charge in [0.15, 0.2) is 22.1 Å². The van der Waals surface area contributed by atoms with Gasteiger partial charge >= 0.3 is 0 Å². The number of amides is 1. The van der Waals surface area contributed by atoms with Crippen molar-refractivity contribution >= 4 is 18.1 Å². The molecule has 0 atom stereocenters. The number of hydrogen-bond acceptors (Lipinski definition) is 5. The first kappa shape index (κ1) is 17.7. The summed E-state index contributed by atoms with van der Waals surface area (Å²) in [6.45, 7) is 0.622. The molecule has 0 bridgehead atoms. The van der Waals surface area contributed by atoms with E-state index in [4.69, 9.17) is 21.7 Å². The maximum Gasteiger partial charge on any atom is 0.231 e. The fraction of sp³-hybridized carbons (Fsp3) is 0.550. The van der Waals surface area contributed by atoms with Gasteiger partial charge in [0.1, 0.15) is 0 Å². The van der Waals surface area contributed by atoms with Crippen molar-refractivity contribution in [1.82, 2.24) is 20.1 Å². The number of fused-ring (bicyclic) bond motifs is 1. The van der Waals surface area contributed by atoms with Gasteiger partial charge in [0.25, 0.3) is 0 Å². The van der Waals surface area contributed by atoms with Crippen molar-refractivity contribution in [3.05, 3.63) is 34.4 Å². The first-order valence-electron chi connectivity index (χ1n) is 10.0. The predicted molar refractivity (Wildman–Crippen MR) is 105 cm³/mol. The van der Waals surface area contributed by atoms with Crippen molar-refractivity contribution in [2.24, 2.45) is 0 Å². The molecule has 1 aromatic heterocycles. The molecule has 148 valence electrons. The maximum absolute atomic E-state index is 13.4. The van der Waals surface area contributed by atoms with Crippen molar-refractivity contribution in [3.8, 4) is 11.5 Å². The van der Waals surface area contributed by atoms with Gasteiger partial charge < -0.3 is 14.8 Å². The fourth-order valence-corrected chi connectivity index (χ4v) is 4.80. The molecule has 2 aliphatic carbocycles. The molecule has 7 nitrogen and oxygen atoms in total. The Morgan fingerprint density at radius 3 is 2.82 bits per heavy atom. The van der Waals surface area contributed by atoms with E-state index in [0.29, 0.717) is 17.4 Å². The molecule has 0 saturated heterocycles. The molecule has 0 unspecified atom stereocenters. The Morgan fingerprint density at radius 2 is 2.04 bits per heavy atom. The third-order valence-corrected chi connectivity index (χ3v) is 6.45. The summed E-state index contributed by atoms with van der Waals surface area (Å²) < 4.78 is 13.7. The van der Waals surface area contributed by atoms with Gasteiger partial charge in [-0.25, -0.2) is 0 Å². The lowest BCUT2D eigenvalue weighted by molar-refractivity contribution is -0.128. The molecule has 1 aliphatic heterocycles. The molecule has 0 spiro atoms. The summed E-state index contributed by atoms with van der Waals surface area (Å²) in [6.07, 6.45) is 7.18. The average molecular weight is 401 g/mol. The first-order chi connectivity index (χ1) is 13.7. The van der Waals surface area contributed by atoms with Crippen LogP contribution in [0.3, 0.4) is 0 Å². The quantitative estimate of drug-likeness (QED) is 0.751. The van der Waals surface area contributed by atoms with E-state index in [-0.39, 0.29) is 12.7 Å². The second-order valence-electron chi connectivity index (χ2n) is 7.94. The highest BCUT2D eigenvalue weighted by atomic mass is 32.1. The van der Waals surface area contributed by atoms with Gasteiger partial charge in [-0.15, -0.1) is 0 Å². The number of carbonyl (C=O) groups is 1. The number of nitrogens with one attached hydrogen (secondary N) is 2. The maximum atomic E-state index is 13.4. The molecule has 2 aromatic rings. The molecular weight excluding hydrogens is 376 g/mol. The zero-order valence-corrected chi connectivity index (χ0v) is 16.5. The van der Waals surface area contributed by atoms with E-state index in [1.54, 1.807) is 0 Å². The topological polar surface area (TPSA) is 81.2 Å². The van der Waals surface area contributed by atoms with Gasteiger partial charge in [-0.3, -0.25) is 14.5 Å². The number of rotatable bonds is 5. The lowest BCUT2D eigenvalue weighted by Crippen LogP contribution is -2.45. The number of nitrogens with zero attached hydrogens (tertiary/aromatic N) is 2. The smallest absolute Gasteiger partial charge is 0.231 e. The summed E-state index contributed by atoms with van der Waals surface area (Å²) >= 11 is 5.34. The van der Waals surface area contributed by atoms with Gasteiger partial charge in [-0.2, -0.15) is 5.10 Å². The van der Waals surface area contributed by atoms with Gasteiger partial charge in [0.05, 0.1) is 12.0 Å². The minimum atomic E-state index is -0.531. The zero-order valence-electron chi connectivity index (χ0n) is 15.7. The van der Waals surface area contributed by atoms with Crippen LogP contribution in [0.15, 0.2) is 18.2 Å². The van der Waals surface area contributed by atoms with E-state index >= 15 is 0 Å². The summed E-state index contributed by atoms with van der Waals surface area (Å²) in [6, 6.07) is 6.33. The summed E-state index contributed by atoms with van der Waals surface area (Å²) in [7, 11) is 0. The van der Waals surface area contributed by atoms with Crippen molar-refractivity contribution in [1.29, 1.82) is 0 Å². The first-order valence-corrected chi connectivity index (χ1v) is 10.4. The molecule has 3 aliphatic rings. The minimum absolute atomic E-state index is 0.0577. The predicted octanol–water partition coefficient (Wildman–Crippen LogP) is 3.52. The minimum Gasteiger partial charge on any atom is -0.454 e. The molecule has 2 saturated carbocycles. The van der Waals surface area contributed by atoms with E-state index in [1.807, 2.05) is 22.8 Å². The molecule has 8 heteroatoms. The molecule has 2 fully saturated rings. The van der Waals surface area contributed by atoms with Gasteiger partial charge in [0, 0.05) is 6.04 Å². The van der Waals surface area contributed by atoms with Gasteiger partial charge in [-0.1, -0.05) is 25.3 Å². The molecular formula is C20H24N4O3S. The summed E-state index contributed by atoms with van der Waals surface area (Å²) in [4.78, 5) is 13.4. The van der Waals surface area contributed by atoms with E-state index in [1.165, 1.54) is 6.42 Å². The highest BCUT2D eigenvalue weighted by Crippen LogP contribution is 2.43. The molecule has 1 aromatic carbocycles. The Labute approximate surface area is 168 Å². The normalized spacial score (nSPS) is 20.1. The van der Waals surface area contributed by atoms with Crippen LogP contribution in [0.4, 0.5) is 0 Å². The molecule has 2 heterocycles. The number of ether oxygens (including phenoxy) is 2. The van der Waals surface area contributed by atoms with E-state index in [2.05, 4.69) is 15.5 Å². The number of aromatic nitrogens is 3. The van der Waals surface area contributed by atoms with Crippen molar-refractivity contribution in [3.63, 3.8) is 0 Å². The Balaban J connectivity index is 1.40. The van der Waals surface area contributed by atoms with Crippen molar-refractivity contribution in [2.45, 2.75) is 62.9 Å². The fourth-order valence-electron chi connectivity index (χ4n) is 4.50. The van der Waals surface area contributed by atoms with Crippen molar-refractivity contribution < 1.29 is 14.3 Å². The second kappa shape index (κ2) is 6.92. The number of benzene rings is 1. The SMILES string of the molecule is O=C(NCc1n[nH]c(=S)n1C1CC1)C1(c2ccc3c(c2)OCO3)CCCCC1. The number of H-pyrrole nitrogens is 1. The van der Waals surface area contributed by atoms with E-state index < -0.39 is 5.41 Å². The molecule has 0 radical (unpaired) electrons. The molecule has 28 heavy (non-hydrogen) atoms. The second-order valence-corrected chi connectivity index (χ2v) is 8.33.